The van der Waals surface area contributed by atoms with E-state index >= 15 is 0 Å². The van der Waals surface area contributed by atoms with Crippen LogP contribution in [-0.4, -0.2) is 52.7 Å². The number of anilines is 1. The molecule has 1 saturated heterocycles. The van der Waals surface area contributed by atoms with Gasteiger partial charge in [0.15, 0.2) is 17.5 Å². The smallest absolute Gasteiger partial charge is 0.161 e. The first-order valence-electron chi connectivity index (χ1n) is 9.59. The van der Waals surface area contributed by atoms with Crippen LogP contribution in [0.5, 0.6) is 0 Å². The number of halogens is 2. The Morgan fingerprint density at radius 1 is 0.931 bits per heavy atom. The van der Waals surface area contributed by atoms with Crippen LogP contribution in [0.15, 0.2) is 60.8 Å². The number of aliphatic hydroxyl groups excluding tert-OH is 1. The molecule has 1 atom stereocenters. The largest absolute Gasteiger partial charge is 0.387 e. The van der Waals surface area contributed by atoms with Gasteiger partial charge in [0.05, 0.1) is 6.10 Å². The number of benzene rings is 2. The molecule has 0 bridgehead atoms. The molecule has 1 fully saturated rings. The summed E-state index contributed by atoms with van der Waals surface area (Å²) in [5.74, 6) is -0.280. The first-order chi connectivity index (χ1) is 14.1. The normalized spacial score (nSPS) is 16.0. The van der Waals surface area contributed by atoms with Crippen molar-refractivity contribution in [3.05, 3.63) is 78.0 Å². The minimum atomic E-state index is -0.940. The summed E-state index contributed by atoms with van der Waals surface area (Å²) < 4.78 is 26.5. The molecule has 0 amide bonds. The van der Waals surface area contributed by atoms with Gasteiger partial charge in [-0.2, -0.15) is 0 Å². The molecule has 1 unspecified atom stereocenters. The molecule has 0 saturated carbocycles. The maximum atomic E-state index is 13.4. The molecule has 4 rings (SSSR count). The summed E-state index contributed by atoms with van der Waals surface area (Å²) in [4.78, 5) is 13.4. The molecule has 7 heteroatoms. The van der Waals surface area contributed by atoms with Crippen molar-refractivity contribution < 1.29 is 13.9 Å². The van der Waals surface area contributed by atoms with Crippen molar-refractivity contribution in [1.82, 2.24) is 14.9 Å². The zero-order valence-corrected chi connectivity index (χ0v) is 15.9. The third kappa shape index (κ3) is 4.58. The summed E-state index contributed by atoms with van der Waals surface area (Å²) in [5, 5.41) is 10.4. The highest BCUT2D eigenvalue weighted by molar-refractivity contribution is 5.57. The first-order valence-corrected chi connectivity index (χ1v) is 9.59. The molecule has 0 radical (unpaired) electrons. The molecule has 0 aliphatic carbocycles. The lowest BCUT2D eigenvalue weighted by molar-refractivity contribution is 0.109. The van der Waals surface area contributed by atoms with Gasteiger partial charge >= 0.3 is 0 Å². The van der Waals surface area contributed by atoms with Crippen molar-refractivity contribution in [3.63, 3.8) is 0 Å². The van der Waals surface area contributed by atoms with E-state index < -0.39 is 17.7 Å². The van der Waals surface area contributed by atoms with Crippen molar-refractivity contribution in [1.29, 1.82) is 0 Å². The fourth-order valence-corrected chi connectivity index (χ4v) is 3.48. The van der Waals surface area contributed by atoms with Gasteiger partial charge in [0.25, 0.3) is 0 Å². The lowest BCUT2D eigenvalue weighted by atomic mass is 10.1. The molecular weight excluding hydrogens is 374 g/mol. The van der Waals surface area contributed by atoms with Gasteiger partial charge in [-0.25, -0.2) is 18.7 Å². The van der Waals surface area contributed by atoms with Crippen LogP contribution in [0.4, 0.5) is 14.6 Å². The van der Waals surface area contributed by atoms with Crippen LogP contribution in [0.2, 0.25) is 0 Å². The van der Waals surface area contributed by atoms with Gasteiger partial charge in [0, 0.05) is 44.5 Å². The Bertz CT molecular complexity index is 962. The summed E-state index contributed by atoms with van der Waals surface area (Å²) >= 11 is 0. The molecule has 3 aromatic rings. The standard InChI is InChI=1S/C22H22F2N4O/c23-18-7-6-17(14-19(18)24)20(29)15-27-10-12-28(13-11-27)21-8-9-25-22(26-21)16-4-2-1-3-5-16/h1-9,14,20,29H,10-13,15H2. The van der Waals surface area contributed by atoms with Crippen molar-refractivity contribution in [2.75, 3.05) is 37.6 Å². The fourth-order valence-electron chi connectivity index (χ4n) is 3.48. The zero-order valence-electron chi connectivity index (χ0n) is 15.9. The average Bonchev–Trinajstić information content (AvgIpc) is 2.77. The molecule has 2 aromatic carbocycles. The van der Waals surface area contributed by atoms with Crippen molar-refractivity contribution >= 4 is 5.82 Å². The van der Waals surface area contributed by atoms with Gasteiger partial charge in [0.1, 0.15) is 5.82 Å². The monoisotopic (exact) mass is 396 g/mol. The number of piperazine rings is 1. The summed E-state index contributed by atoms with van der Waals surface area (Å²) in [7, 11) is 0. The van der Waals surface area contributed by atoms with Crippen molar-refractivity contribution in [2.45, 2.75) is 6.10 Å². The zero-order chi connectivity index (χ0) is 20.2. The fraction of sp³-hybridized carbons (Fsp3) is 0.273. The molecule has 1 aliphatic rings. The third-order valence-electron chi connectivity index (χ3n) is 5.13. The highest BCUT2D eigenvalue weighted by atomic mass is 19.2. The van der Waals surface area contributed by atoms with Crippen LogP contribution < -0.4 is 4.90 Å². The van der Waals surface area contributed by atoms with Crippen molar-refractivity contribution in [3.8, 4) is 11.4 Å². The van der Waals surface area contributed by atoms with Crippen LogP contribution >= 0.6 is 0 Å². The van der Waals surface area contributed by atoms with E-state index in [4.69, 9.17) is 0 Å². The lowest BCUT2D eigenvalue weighted by Gasteiger charge is -2.36. The van der Waals surface area contributed by atoms with Gasteiger partial charge in [-0.1, -0.05) is 36.4 Å². The maximum Gasteiger partial charge on any atom is 0.161 e. The number of rotatable bonds is 5. The van der Waals surface area contributed by atoms with Gasteiger partial charge < -0.3 is 10.0 Å². The Labute approximate surface area is 168 Å². The second-order valence-corrected chi connectivity index (χ2v) is 7.08. The van der Waals surface area contributed by atoms with Gasteiger partial charge in [0.2, 0.25) is 0 Å². The number of hydrogen-bond donors (Lipinski definition) is 1. The van der Waals surface area contributed by atoms with Crippen LogP contribution in [0.25, 0.3) is 11.4 Å². The minimum absolute atomic E-state index is 0.373. The minimum Gasteiger partial charge on any atom is -0.387 e. The second kappa shape index (κ2) is 8.63. The summed E-state index contributed by atoms with van der Waals surface area (Å²) in [6.07, 6.45) is 0.907. The highest BCUT2D eigenvalue weighted by Crippen LogP contribution is 2.21. The molecule has 5 nitrogen and oxygen atoms in total. The molecule has 1 N–H and O–H groups in total. The average molecular weight is 396 g/mol. The Balaban J connectivity index is 1.36. The molecule has 2 heterocycles. The van der Waals surface area contributed by atoms with Crippen LogP contribution in [0.3, 0.4) is 0 Å². The number of aliphatic hydroxyl groups is 1. The molecule has 0 spiro atoms. The van der Waals surface area contributed by atoms with Crippen molar-refractivity contribution in [2.24, 2.45) is 0 Å². The summed E-state index contributed by atoms with van der Waals surface area (Å²) in [6.45, 7) is 3.38. The van der Waals surface area contributed by atoms with E-state index in [0.29, 0.717) is 17.9 Å². The summed E-state index contributed by atoms with van der Waals surface area (Å²) in [5.41, 5.74) is 1.36. The third-order valence-corrected chi connectivity index (χ3v) is 5.13. The number of β-amino-alcohol motifs (C(OH)–C–C–N with tert-alkyl or cyclic N) is 1. The number of nitrogens with zero attached hydrogens (tertiary/aromatic N) is 4. The molecule has 1 aromatic heterocycles. The van der Waals surface area contributed by atoms with E-state index in [1.165, 1.54) is 6.07 Å². The Kier molecular flexibility index (Phi) is 5.78. The lowest BCUT2D eigenvalue weighted by Crippen LogP contribution is -2.47. The number of aromatic nitrogens is 2. The summed E-state index contributed by atoms with van der Waals surface area (Å²) in [6, 6.07) is 15.3. The molecular formula is C22H22F2N4O. The molecule has 1 aliphatic heterocycles. The van der Waals surface area contributed by atoms with E-state index in [1.807, 2.05) is 36.4 Å². The van der Waals surface area contributed by atoms with E-state index in [2.05, 4.69) is 19.8 Å². The van der Waals surface area contributed by atoms with E-state index in [9.17, 15) is 13.9 Å². The van der Waals surface area contributed by atoms with E-state index in [-0.39, 0.29) is 0 Å². The first kappa shape index (κ1) is 19.4. The predicted molar refractivity (Wildman–Crippen MR) is 107 cm³/mol. The van der Waals surface area contributed by atoms with Crippen LogP contribution in [0.1, 0.15) is 11.7 Å². The Hall–Kier alpha value is -2.90. The Morgan fingerprint density at radius 2 is 1.69 bits per heavy atom. The van der Waals surface area contributed by atoms with Gasteiger partial charge in [-0.05, 0) is 23.8 Å². The number of hydrogen-bond acceptors (Lipinski definition) is 5. The molecule has 150 valence electrons. The predicted octanol–water partition coefficient (Wildman–Crippen LogP) is 3.28. The van der Waals surface area contributed by atoms with E-state index in [1.54, 1.807) is 6.20 Å². The SMILES string of the molecule is OC(CN1CCN(c2ccnc(-c3ccccc3)n2)CC1)c1ccc(F)c(F)c1. The molecule has 29 heavy (non-hydrogen) atoms. The van der Waals surface area contributed by atoms with Crippen LogP contribution in [0, 0.1) is 11.6 Å². The van der Waals surface area contributed by atoms with Gasteiger partial charge in [-0.15, -0.1) is 0 Å². The van der Waals surface area contributed by atoms with Gasteiger partial charge in [-0.3, -0.25) is 4.90 Å². The topological polar surface area (TPSA) is 52.5 Å². The maximum absolute atomic E-state index is 13.4. The quantitative estimate of drug-likeness (QED) is 0.717. The highest BCUT2D eigenvalue weighted by Gasteiger charge is 2.21. The van der Waals surface area contributed by atoms with E-state index in [0.717, 1.165) is 49.7 Å². The Morgan fingerprint density at radius 3 is 2.41 bits per heavy atom. The second-order valence-electron chi connectivity index (χ2n) is 7.08. The van der Waals surface area contributed by atoms with Crippen LogP contribution in [-0.2, 0) is 0 Å².